The summed E-state index contributed by atoms with van der Waals surface area (Å²) in [7, 11) is 1.72. The Hall–Kier alpha value is -0.650. The highest BCUT2D eigenvalue weighted by Gasteiger charge is 2.30. The van der Waals surface area contributed by atoms with Crippen molar-refractivity contribution in [3.8, 4) is 0 Å². The number of hydrogen-bond donors (Lipinski definition) is 2. The summed E-state index contributed by atoms with van der Waals surface area (Å²) in [5, 5.41) is 12.1. The Bertz CT molecular complexity index is 278. The Balaban J connectivity index is 2.16. The summed E-state index contributed by atoms with van der Waals surface area (Å²) in [5.41, 5.74) is -0.777. The summed E-state index contributed by atoms with van der Waals surface area (Å²) in [4.78, 5) is 16.1. The lowest BCUT2D eigenvalue weighted by Gasteiger charge is -2.34. The molecule has 2 N–H and O–H groups in total. The van der Waals surface area contributed by atoms with Gasteiger partial charge in [0.05, 0.1) is 0 Å². The van der Waals surface area contributed by atoms with Gasteiger partial charge in [0, 0.05) is 26.2 Å². The van der Waals surface area contributed by atoms with Gasteiger partial charge < -0.3 is 20.2 Å². The van der Waals surface area contributed by atoms with E-state index in [2.05, 4.69) is 22.0 Å². The van der Waals surface area contributed by atoms with Crippen molar-refractivity contribution in [2.75, 3.05) is 46.3 Å². The Labute approximate surface area is 117 Å². The molecule has 0 aliphatic carbocycles. The predicted molar refractivity (Wildman–Crippen MR) is 77.5 cm³/mol. The van der Waals surface area contributed by atoms with Gasteiger partial charge in [-0.15, -0.1) is 0 Å². The maximum Gasteiger partial charge on any atom is 0.323 e. The van der Waals surface area contributed by atoms with Gasteiger partial charge in [0.25, 0.3) is 0 Å². The summed E-state index contributed by atoms with van der Waals surface area (Å²) >= 11 is 0. The van der Waals surface area contributed by atoms with Gasteiger partial charge in [-0.1, -0.05) is 6.92 Å². The molecule has 1 aliphatic heterocycles. The number of carboxylic acids is 1. The van der Waals surface area contributed by atoms with Crippen LogP contribution in [0.3, 0.4) is 0 Å². The van der Waals surface area contributed by atoms with E-state index in [-0.39, 0.29) is 0 Å². The molecule has 1 atom stereocenters. The van der Waals surface area contributed by atoms with Crippen LogP contribution in [0.15, 0.2) is 0 Å². The summed E-state index contributed by atoms with van der Waals surface area (Å²) in [6.07, 6.45) is 2.72. The average molecular weight is 271 g/mol. The number of rotatable bonds is 8. The number of nitrogens with one attached hydrogen (secondary N) is 1. The van der Waals surface area contributed by atoms with Crippen LogP contribution in [0.25, 0.3) is 0 Å². The standard InChI is InChI=1S/C14H29N3O2/c1-4-16-9-11-17(12-10-16)8-6-5-7-14(2,15-3)13(18)19/h15H,4-12H2,1-3H3,(H,18,19). The number of aliphatic carboxylic acids is 1. The number of carbonyl (C=O) groups is 1. The van der Waals surface area contributed by atoms with E-state index < -0.39 is 11.5 Å². The Morgan fingerprint density at radius 3 is 2.26 bits per heavy atom. The first-order valence-electron chi connectivity index (χ1n) is 7.39. The SMILES string of the molecule is CCN1CCN(CCCCC(C)(NC)C(=O)O)CC1. The van der Waals surface area contributed by atoms with Gasteiger partial charge in [0.15, 0.2) is 0 Å². The lowest BCUT2D eigenvalue weighted by Crippen LogP contribution is -2.48. The minimum atomic E-state index is -0.777. The maximum atomic E-state index is 11.1. The van der Waals surface area contributed by atoms with Crippen LogP contribution in [0, 0.1) is 0 Å². The number of unbranched alkanes of at least 4 members (excludes halogenated alkanes) is 1. The maximum absolute atomic E-state index is 11.1. The number of piperazine rings is 1. The number of hydrogen-bond acceptors (Lipinski definition) is 4. The molecule has 1 heterocycles. The van der Waals surface area contributed by atoms with Crippen molar-refractivity contribution in [3.05, 3.63) is 0 Å². The molecule has 0 spiro atoms. The number of nitrogens with zero attached hydrogens (tertiary/aromatic N) is 2. The third-order valence-electron chi connectivity index (χ3n) is 4.34. The van der Waals surface area contributed by atoms with E-state index in [9.17, 15) is 4.79 Å². The van der Waals surface area contributed by atoms with Crippen LogP contribution >= 0.6 is 0 Å². The fourth-order valence-electron chi connectivity index (χ4n) is 2.48. The van der Waals surface area contributed by atoms with Crippen molar-refractivity contribution in [2.45, 2.75) is 38.6 Å². The zero-order chi connectivity index (χ0) is 14.3. The molecular formula is C14H29N3O2. The highest BCUT2D eigenvalue weighted by atomic mass is 16.4. The van der Waals surface area contributed by atoms with Gasteiger partial charge in [-0.3, -0.25) is 4.79 Å². The fraction of sp³-hybridized carbons (Fsp3) is 0.929. The second-order valence-electron chi connectivity index (χ2n) is 5.62. The summed E-state index contributed by atoms with van der Waals surface area (Å²) in [6.45, 7) is 10.8. The molecule has 0 amide bonds. The van der Waals surface area contributed by atoms with Crippen molar-refractivity contribution >= 4 is 5.97 Å². The molecule has 0 saturated carbocycles. The van der Waals surface area contributed by atoms with Crippen LogP contribution in [0.1, 0.15) is 33.1 Å². The average Bonchev–Trinajstić information content (AvgIpc) is 2.43. The van der Waals surface area contributed by atoms with Crippen LogP contribution in [0.2, 0.25) is 0 Å². The van der Waals surface area contributed by atoms with E-state index in [4.69, 9.17) is 5.11 Å². The van der Waals surface area contributed by atoms with Crippen LogP contribution < -0.4 is 5.32 Å². The van der Waals surface area contributed by atoms with Crippen molar-refractivity contribution in [3.63, 3.8) is 0 Å². The first-order chi connectivity index (χ1) is 9.01. The van der Waals surface area contributed by atoms with Crippen LogP contribution in [0.5, 0.6) is 0 Å². The molecular weight excluding hydrogens is 242 g/mol. The molecule has 0 aromatic rings. The molecule has 0 radical (unpaired) electrons. The summed E-state index contributed by atoms with van der Waals surface area (Å²) in [5.74, 6) is -0.758. The highest BCUT2D eigenvalue weighted by molar-refractivity contribution is 5.78. The van der Waals surface area contributed by atoms with E-state index in [1.54, 1.807) is 14.0 Å². The zero-order valence-electron chi connectivity index (χ0n) is 12.6. The fourth-order valence-corrected chi connectivity index (χ4v) is 2.48. The molecule has 19 heavy (non-hydrogen) atoms. The van der Waals surface area contributed by atoms with Gasteiger partial charge >= 0.3 is 5.97 Å². The number of carboxylic acid groups (broad SMARTS) is 1. The molecule has 5 nitrogen and oxygen atoms in total. The lowest BCUT2D eigenvalue weighted by atomic mass is 9.95. The van der Waals surface area contributed by atoms with E-state index in [0.717, 1.165) is 39.0 Å². The third-order valence-corrected chi connectivity index (χ3v) is 4.34. The molecule has 1 unspecified atom stereocenters. The lowest BCUT2D eigenvalue weighted by molar-refractivity contribution is -0.144. The van der Waals surface area contributed by atoms with E-state index in [1.807, 2.05) is 0 Å². The second kappa shape index (κ2) is 7.82. The minimum Gasteiger partial charge on any atom is -0.480 e. The van der Waals surface area contributed by atoms with Gasteiger partial charge in [-0.25, -0.2) is 0 Å². The molecule has 0 aromatic carbocycles. The second-order valence-corrected chi connectivity index (χ2v) is 5.62. The van der Waals surface area contributed by atoms with Crippen molar-refractivity contribution in [1.82, 2.24) is 15.1 Å². The van der Waals surface area contributed by atoms with Gasteiger partial charge in [-0.2, -0.15) is 0 Å². The van der Waals surface area contributed by atoms with Crippen molar-refractivity contribution < 1.29 is 9.90 Å². The minimum absolute atomic E-state index is 0.688. The topological polar surface area (TPSA) is 55.8 Å². The van der Waals surface area contributed by atoms with E-state index in [1.165, 1.54) is 13.1 Å². The van der Waals surface area contributed by atoms with Gasteiger partial charge in [0.1, 0.15) is 5.54 Å². The molecule has 0 bridgehead atoms. The Morgan fingerprint density at radius 2 is 1.79 bits per heavy atom. The quantitative estimate of drug-likeness (QED) is 0.641. The molecule has 1 aliphatic rings. The van der Waals surface area contributed by atoms with E-state index in [0.29, 0.717) is 6.42 Å². The Kier molecular flexibility index (Phi) is 6.75. The molecule has 112 valence electrons. The number of likely N-dealkylation sites (N-methyl/N-ethyl adjacent to an activating group) is 2. The third kappa shape index (κ3) is 5.09. The molecule has 0 aromatic heterocycles. The first kappa shape index (κ1) is 16.4. The van der Waals surface area contributed by atoms with Crippen LogP contribution in [0.4, 0.5) is 0 Å². The van der Waals surface area contributed by atoms with Crippen molar-refractivity contribution in [2.24, 2.45) is 0 Å². The normalized spacial score (nSPS) is 21.2. The van der Waals surface area contributed by atoms with E-state index >= 15 is 0 Å². The smallest absolute Gasteiger partial charge is 0.323 e. The van der Waals surface area contributed by atoms with Crippen molar-refractivity contribution in [1.29, 1.82) is 0 Å². The first-order valence-corrected chi connectivity index (χ1v) is 7.39. The summed E-state index contributed by atoms with van der Waals surface area (Å²) in [6, 6.07) is 0. The largest absolute Gasteiger partial charge is 0.480 e. The van der Waals surface area contributed by atoms with Gasteiger partial charge in [-0.05, 0) is 46.3 Å². The molecule has 1 fully saturated rings. The highest BCUT2D eigenvalue weighted by Crippen LogP contribution is 2.14. The predicted octanol–water partition coefficient (Wildman–Crippen LogP) is 0.857. The summed E-state index contributed by atoms with van der Waals surface area (Å²) < 4.78 is 0. The molecule has 5 heteroatoms. The van der Waals surface area contributed by atoms with Crippen LogP contribution in [-0.4, -0.2) is 72.7 Å². The molecule has 1 saturated heterocycles. The van der Waals surface area contributed by atoms with Gasteiger partial charge in [0.2, 0.25) is 0 Å². The Morgan fingerprint density at radius 1 is 1.21 bits per heavy atom. The monoisotopic (exact) mass is 271 g/mol. The molecule has 1 rings (SSSR count). The zero-order valence-corrected chi connectivity index (χ0v) is 12.6. The van der Waals surface area contributed by atoms with Crippen LogP contribution in [-0.2, 0) is 4.79 Å².